The summed E-state index contributed by atoms with van der Waals surface area (Å²) >= 11 is 2.20. The number of nitrogens with one attached hydrogen (secondary N) is 1. The van der Waals surface area contributed by atoms with Gasteiger partial charge in [0, 0.05) is 23.5 Å². The van der Waals surface area contributed by atoms with Crippen LogP contribution in [0.25, 0.3) is 10.2 Å². The van der Waals surface area contributed by atoms with Crippen LogP contribution >= 0.6 is 23.1 Å². The molecule has 1 fully saturated rings. The lowest BCUT2D eigenvalue weighted by Gasteiger charge is -2.15. The van der Waals surface area contributed by atoms with Crippen LogP contribution in [-0.4, -0.2) is 48.2 Å². The van der Waals surface area contributed by atoms with E-state index in [9.17, 15) is 22.4 Å². The van der Waals surface area contributed by atoms with Crippen LogP contribution in [0, 0.1) is 5.82 Å². The van der Waals surface area contributed by atoms with Crippen LogP contribution in [0.2, 0.25) is 0 Å². The number of sulfonamides is 1. The monoisotopic (exact) mass is 493 g/mol. The third kappa shape index (κ3) is 4.85. The molecule has 32 heavy (non-hydrogen) atoms. The summed E-state index contributed by atoms with van der Waals surface area (Å²) in [6.45, 7) is 2.41. The predicted molar refractivity (Wildman–Crippen MR) is 123 cm³/mol. The topological polar surface area (TPSA) is 96.4 Å². The van der Waals surface area contributed by atoms with Gasteiger partial charge in [0.05, 0.1) is 20.9 Å². The number of thiazole rings is 1. The van der Waals surface area contributed by atoms with Crippen molar-refractivity contribution in [2.45, 2.75) is 29.6 Å². The smallest absolute Gasteiger partial charge is 0.243 e. The molecule has 168 valence electrons. The molecule has 0 radical (unpaired) electrons. The molecule has 1 N–H and O–H groups in total. The average Bonchev–Trinajstić information content (AvgIpc) is 3.42. The van der Waals surface area contributed by atoms with Gasteiger partial charge in [0.25, 0.3) is 0 Å². The van der Waals surface area contributed by atoms with E-state index in [1.54, 1.807) is 12.1 Å². The minimum absolute atomic E-state index is 0.0408. The SMILES string of the molecule is CC(=O)c1ccc(SCC(=O)Nc2nc3ccc(S(=O)(=O)N4CCCC4)cc3s2)c(F)c1. The number of benzene rings is 2. The molecule has 3 aromatic rings. The quantitative estimate of drug-likeness (QED) is 0.392. The second kappa shape index (κ2) is 9.26. The lowest BCUT2D eigenvalue weighted by atomic mass is 10.1. The zero-order valence-corrected chi connectivity index (χ0v) is 19.6. The van der Waals surface area contributed by atoms with E-state index in [2.05, 4.69) is 10.3 Å². The molecule has 1 aliphatic rings. The number of nitrogens with zero attached hydrogens (tertiary/aromatic N) is 2. The first-order chi connectivity index (χ1) is 15.2. The van der Waals surface area contributed by atoms with Crippen molar-refractivity contribution in [2.24, 2.45) is 0 Å². The maximum Gasteiger partial charge on any atom is 0.243 e. The van der Waals surface area contributed by atoms with E-state index in [4.69, 9.17) is 0 Å². The number of aromatic nitrogens is 1. The number of anilines is 1. The van der Waals surface area contributed by atoms with Gasteiger partial charge in [0.2, 0.25) is 15.9 Å². The predicted octanol–water partition coefficient (Wildman–Crippen LogP) is 4.15. The highest BCUT2D eigenvalue weighted by atomic mass is 32.2. The van der Waals surface area contributed by atoms with Crippen LogP contribution in [-0.2, 0) is 14.8 Å². The number of rotatable bonds is 7. The molecular formula is C21H20FN3O4S3. The van der Waals surface area contributed by atoms with Crippen molar-refractivity contribution in [3.63, 3.8) is 0 Å². The van der Waals surface area contributed by atoms with Crippen molar-refractivity contribution >= 4 is 60.2 Å². The zero-order valence-electron chi connectivity index (χ0n) is 17.1. The third-order valence-corrected chi connectivity index (χ3v) is 8.88. The number of carbonyl (C=O) groups is 2. The number of carbonyl (C=O) groups excluding carboxylic acids is 2. The van der Waals surface area contributed by atoms with Gasteiger partial charge < -0.3 is 5.32 Å². The highest BCUT2D eigenvalue weighted by Crippen LogP contribution is 2.30. The Bertz CT molecular complexity index is 1300. The van der Waals surface area contributed by atoms with Crippen LogP contribution in [0.15, 0.2) is 46.2 Å². The fraction of sp³-hybridized carbons (Fsp3) is 0.286. The van der Waals surface area contributed by atoms with E-state index < -0.39 is 15.8 Å². The van der Waals surface area contributed by atoms with Crippen molar-refractivity contribution in [3.05, 3.63) is 47.8 Å². The molecule has 0 unspecified atom stereocenters. The van der Waals surface area contributed by atoms with E-state index in [-0.39, 0.29) is 32.8 Å². The zero-order chi connectivity index (χ0) is 22.9. The Balaban J connectivity index is 1.43. The minimum Gasteiger partial charge on any atom is -0.301 e. The summed E-state index contributed by atoms with van der Waals surface area (Å²) in [4.78, 5) is 28.4. The van der Waals surface area contributed by atoms with Gasteiger partial charge in [-0.3, -0.25) is 9.59 Å². The lowest BCUT2D eigenvalue weighted by molar-refractivity contribution is -0.113. The minimum atomic E-state index is -3.53. The van der Waals surface area contributed by atoms with E-state index >= 15 is 0 Å². The third-order valence-electron chi connectivity index (χ3n) is 5.01. The molecule has 7 nitrogen and oxygen atoms in total. The molecule has 1 saturated heterocycles. The van der Waals surface area contributed by atoms with Gasteiger partial charge in [-0.05, 0) is 50.1 Å². The van der Waals surface area contributed by atoms with Crippen LogP contribution in [0.3, 0.4) is 0 Å². The van der Waals surface area contributed by atoms with Crippen LogP contribution in [0.5, 0.6) is 0 Å². The summed E-state index contributed by atoms with van der Waals surface area (Å²) < 4.78 is 41.8. The van der Waals surface area contributed by atoms with E-state index in [1.165, 1.54) is 40.8 Å². The summed E-state index contributed by atoms with van der Waals surface area (Å²) in [6.07, 6.45) is 1.72. The summed E-state index contributed by atoms with van der Waals surface area (Å²) in [6, 6.07) is 8.90. The maximum absolute atomic E-state index is 14.1. The van der Waals surface area contributed by atoms with Crippen molar-refractivity contribution in [3.8, 4) is 0 Å². The highest BCUT2D eigenvalue weighted by Gasteiger charge is 2.27. The molecule has 2 heterocycles. The summed E-state index contributed by atoms with van der Waals surface area (Å²) in [7, 11) is -3.53. The van der Waals surface area contributed by atoms with E-state index in [1.807, 2.05) is 0 Å². The molecule has 1 amide bonds. The molecule has 1 aliphatic heterocycles. The summed E-state index contributed by atoms with van der Waals surface area (Å²) in [5, 5.41) is 3.02. The second-order valence-corrected chi connectivity index (χ2v) is 11.3. The van der Waals surface area contributed by atoms with Gasteiger partial charge in [-0.2, -0.15) is 4.31 Å². The number of amides is 1. The van der Waals surface area contributed by atoms with E-state index in [0.29, 0.717) is 28.4 Å². The number of thioether (sulfide) groups is 1. The first-order valence-electron chi connectivity index (χ1n) is 9.88. The molecule has 0 spiro atoms. The molecule has 1 aromatic heterocycles. The Morgan fingerprint density at radius 1 is 1.19 bits per heavy atom. The first kappa shape index (κ1) is 22.8. The Morgan fingerprint density at radius 3 is 2.62 bits per heavy atom. The Labute approximate surface area is 193 Å². The van der Waals surface area contributed by atoms with Gasteiger partial charge in [0.1, 0.15) is 5.82 Å². The van der Waals surface area contributed by atoms with Gasteiger partial charge in [-0.25, -0.2) is 17.8 Å². The number of Topliss-reactive ketones (excluding diaryl/α,β-unsaturated/α-hetero) is 1. The van der Waals surface area contributed by atoms with Crippen molar-refractivity contribution < 1.29 is 22.4 Å². The van der Waals surface area contributed by atoms with Gasteiger partial charge in [-0.1, -0.05) is 17.4 Å². The Kier molecular flexibility index (Phi) is 6.61. The average molecular weight is 494 g/mol. The molecule has 0 bridgehead atoms. The maximum atomic E-state index is 14.1. The van der Waals surface area contributed by atoms with Gasteiger partial charge in [-0.15, -0.1) is 11.8 Å². The molecule has 11 heteroatoms. The molecule has 0 atom stereocenters. The van der Waals surface area contributed by atoms with Crippen molar-refractivity contribution in [1.82, 2.24) is 9.29 Å². The fourth-order valence-electron chi connectivity index (χ4n) is 3.33. The molecule has 2 aromatic carbocycles. The van der Waals surface area contributed by atoms with Crippen molar-refractivity contribution in [1.29, 1.82) is 0 Å². The van der Waals surface area contributed by atoms with Gasteiger partial charge >= 0.3 is 0 Å². The molecular weight excluding hydrogens is 473 g/mol. The number of hydrogen-bond acceptors (Lipinski definition) is 7. The Morgan fingerprint density at radius 2 is 1.94 bits per heavy atom. The van der Waals surface area contributed by atoms with Gasteiger partial charge in [0.15, 0.2) is 10.9 Å². The number of hydrogen-bond donors (Lipinski definition) is 1. The summed E-state index contributed by atoms with van der Waals surface area (Å²) in [5.41, 5.74) is 0.862. The lowest BCUT2D eigenvalue weighted by Crippen LogP contribution is -2.27. The van der Waals surface area contributed by atoms with Crippen molar-refractivity contribution in [2.75, 3.05) is 24.2 Å². The Hall–Kier alpha value is -2.34. The summed E-state index contributed by atoms with van der Waals surface area (Å²) in [5.74, 6) is -1.19. The number of fused-ring (bicyclic) bond motifs is 1. The molecule has 0 saturated carbocycles. The number of ketones is 1. The standard InChI is InChI=1S/C21H20FN3O4S3/c1-13(26)14-4-7-18(16(22)10-14)30-12-20(27)24-21-23-17-6-5-15(11-19(17)31-21)32(28,29)25-8-2-3-9-25/h4-7,10-11H,2-3,8-9,12H2,1H3,(H,23,24,27). The first-order valence-corrected chi connectivity index (χ1v) is 13.1. The second-order valence-electron chi connectivity index (χ2n) is 7.30. The largest absolute Gasteiger partial charge is 0.301 e. The van der Waals surface area contributed by atoms with Crippen LogP contribution < -0.4 is 5.32 Å². The molecule has 4 rings (SSSR count). The normalized spacial score (nSPS) is 14.7. The molecule has 0 aliphatic carbocycles. The van der Waals surface area contributed by atoms with E-state index in [0.717, 1.165) is 30.7 Å². The van der Waals surface area contributed by atoms with Crippen LogP contribution in [0.4, 0.5) is 9.52 Å². The van der Waals surface area contributed by atoms with Crippen LogP contribution in [0.1, 0.15) is 30.1 Å². The number of halogens is 1. The fourth-order valence-corrected chi connectivity index (χ4v) is 6.59. The highest BCUT2D eigenvalue weighted by molar-refractivity contribution is 8.00.